The molecule has 0 atom stereocenters. The molecule has 0 saturated heterocycles. The molecule has 0 fully saturated rings. The van der Waals surface area contributed by atoms with Gasteiger partial charge in [-0.05, 0) is 31.2 Å². The normalized spacial score (nSPS) is 15.4. The molecule has 1 amide bonds. The zero-order valence-electron chi connectivity index (χ0n) is 13.7. The van der Waals surface area contributed by atoms with E-state index >= 15 is 0 Å². The number of anilines is 1. The average Bonchev–Trinajstić information content (AvgIpc) is 2.90. The molecule has 2 aromatic carbocycles. The lowest BCUT2D eigenvalue weighted by Gasteiger charge is -2.11. The van der Waals surface area contributed by atoms with E-state index < -0.39 is 4.92 Å². The summed E-state index contributed by atoms with van der Waals surface area (Å²) in [5, 5.41) is 16.6. The van der Waals surface area contributed by atoms with Crippen molar-refractivity contribution in [3.8, 4) is 5.75 Å². The molecule has 3 rings (SSSR count). The predicted octanol–water partition coefficient (Wildman–Crippen LogP) is 3.41. The van der Waals surface area contributed by atoms with Crippen LogP contribution in [0.25, 0.3) is 6.08 Å². The fourth-order valence-electron chi connectivity index (χ4n) is 2.53. The number of non-ortho nitro benzene ring substituents is 1. The van der Waals surface area contributed by atoms with E-state index in [4.69, 9.17) is 4.74 Å². The number of hydrogen-bond acceptors (Lipinski definition) is 5. The Hall–Kier alpha value is -3.48. The molecular weight excluding hydrogens is 322 g/mol. The van der Waals surface area contributed by atoms with Crippen LogP contribution in [0.15, 0.2) is 59.2 Å². The van der Waals surface area contributed by atoms with Crippen LogP contribution in [-0.2, 0) is 4.79 Å². The van der Waals surface area contributed by atoms with Gasteiger partial charge in [-0.1, -0.05) is 18.2 Å². The number of nitro benzene ring substituents is 1. The number of hydrogen-bond donors (Lipinski definition) is 0. The Morgan fingerprint density at radius 3 is 2.56 bits per heavy atom. The highest BCUT2D eigenvalue weighted by molar-refractivity contribution is 6.32. The first-order chi connectivity index (χ1) is 12.0. The molecule has 1 aliphatic heterocycles. The van der Waals surface area contributed by atoms with E-state index in [-0.39, 0.29) is 11.6 Å². The van der Waals surface area contributed by atoms with Crippen molar-refractivity contribution in [1.29, 1.82) is 0 Å². The molecule has 0 aromatic heterocycles. The molecule has 25 heavy (non-hydrogen) atoms. The minimum Gasteiger partial charge on any atom is -0.496 e. The zero-order chi connectivity index (χ0) is 18.0. The lowest BCUT2D eigenvalue weighted by molar-refractivity contribution is -0.384. The highest BCUT2D eigenvalue weighted by Gasteiger charge is 2.29. The summed E-state index contributed by atoms with van der Waals surface area (Å²) >= 11 is 0. The number of para-hydroxylation sites is 1. The quantitative estimate of drug-likeness (QED) is 0.486. The summed E-state index contributed by atoms with van der Waals surface area (Å²) in [6, 6.07) is 13.3. The predicted molar refractivity (Wildman–Crippen MR) is 94.7 cm³/mol. The number of carbonyl (C=O) groups excluding carboxylic acids is 1. The minimum absolute atomic E-state index is 0.0763. The van der Waals surface area contributed by atoms with Crippen LogP contribution in [0.2, 0.25) is 0 Å². The van der Waals surface area contributed by atoms with Crippen LogP contribution in [0.1, 0.15) is 12.5 Å². The fraction of sp³-hybridized carbons (Fsp3) is 0.111. The van der Waals surface area contributed by atoms with Gasteiger partial charge in [0, 0.05) is 17.7 Å². The first-order valence-electron chi connectivity index (χ1n) is 7.50. The maximum absolute atomic E-state index is 12.7. The Morgan fingerprint density at radius 1 is 1.20 bits per heavy atom. The Labute approximate surface area is 144 Å². The van der Waals surface area contributed by atoms with Gasteiger partial charge in [-0.25, -0.2) is 0 Å². The number of amides is 1. The highest BCUT2D eigenvalue weighted by atomic mass is 16.6. The van der Waals surface area contributed by atoms with Crippen LogP contribution in [0.3, 0.4) is 0 Å². The second-order valence-electron chi connectivity index (χ2n) is 5.38. The van der Waals surface area contributed by atoms with Gasteiger partial charge < -0.3 is 4.74 Å². The number of methoxy groups -OCH3 is 1. The molecule has 0 aliphatic carbocycles. The molecule has 7 nitrogen and oxygen atoms in total. The first kappa shape index (κ1) is 16.4. The minimum atomic E-state index is -0.491. The van der Waals surface area contributed by atoms with Crippen molar-refractivity contribution in [2.24, 2.45) is 5.10 Å². The molecule has 126 valence electrons. The molecule has 0 spiro atoms. The van der Waals surface area contributed by atoms with Crippen LogP contribution < -0.4 is 9.75 Å². The third-order valence-electron chi connectivity index (χ3n) is 3.79. The summed E-state index contributed by atoms with van der Waals surface area (Å²) < 4.78 is 5.24. The Balaban J connectivity index is 2.02. The lowest BCUT2D eigenvalue weighted by atomic mass is 10.1. The van der Waals surface area contributed by atoms with E-state index in [1.54, 1.807) is 25.1 Å². The standard InChI is InChI=1S/C18H15N3O4/c1-12-16(18(22)20(19-12)14-6-4-3-5-7-14)11-13-10-15(21(23)24)8-9-17(13)25-2/h3-11H,1-2H3/b16-11+. The third-order valence-corrected chi connectivity index (χ3v) is 3.79. The monoisotopic (exact) mass is 337 g/mol. The van der Waals surface area contributed by atoms with Crippen LogP contribution in [-0.4, -0.2) is 23.7 Å². The molecule has 0 N–H and O–H groups in total. The van der Waals surface area contributed by atoms with E-state index in [1.165, 1.54) is 30.3 Å². The summed E-state index contributed by atoms with van der Waals surface area (Å²) in [6.07, 6.45) is 1.57. The second kappa shape index (κ2) is 6.56. The number of nitro groups is 1. The van der Waals surface area contributed by atoms with Gasteiger partial charge in [0.05, 0.1) is 29.0 Å². The van der Waals surface area contributed by atoms with Gasteiger partial charge in [-0.2, -0.15) is 10.1 Å². The lowest BCUT2D eigenvalue weighted by Crippen LogP contribution is -2.21. The molecule has 0 bridgehead atoms. The summed E-state index contributed by atoms with van der Waals surface area (Å²) in [5.74, 6) is 0.147. The Morgan fingerprint density at radius 2 is 1.92 bits per heavy atom. The van der Waals surface area contributed by atoms with Gasteiger partial charge in [-0.3, -0.25) is 14.9 Å². The molecule has 0 unspecified atom stereocenters. The van der Waals surface area contributed by atoms with Crippen LogP contribution in [0, 0.1) is 10.1 Å². The average molecular weight is 337 g/mol. The number of ether oxygens (including phenoxy) is 1. The van der Waals surface area contributed by atoms with Crippen LogP contribution in [0.5, 0.6) is 5.75 Å². The van der Waals surface area contributed by atoms with Crippen molar-refractivity contribution in [2.75, 3.05) is 12.1 Å². The van der Waals surface area contributed by atoms with Gasteiger partial charge in [0.2, 0.25) is 0 Å². The van der Waals surface area contributed by atoms with E-state index in [2.05, 4.69) is 5.10 Å². The zero-order valence-corrected chi connectivity index (χ0v) is 13.7. The summed E-state index contributed by atoms with van der Waals surface area (Å²) in [5.41, 5.74) is 1.92. The molecule has 0 radical (unpaired) electrons. The number of carbonyl (C=O) groups is 1. The van der Waals surface area contributed by atoms with Crippen molar-refractivity contribution < 1.29 is 14.5 Å². The van der Waals surface area contributed by atoms with E-state index in [0.29, 0.717) is 28.3 Å². The molecule has 7 heteroatoms. The fourth-order valence-corrected chi connectivity index (χ4v) is 2.53. The van der Waals surface area contributed by atoms with Gasteiger partial charge >= 0.3 is 0 Å². The van der Waals surface area contributed by atoms with E-state index in [9.17, 15) is 14.9 Å². The molecule has 1 heterocycles. The van der Waals surface area contributed by atoms with Crippen molar-refractivity contribution >= 4 is 29.1 Å². The Bertz CT molecular complexity index is 904. The number of rotatable bonds is 4. The summed E-state index contributed by atoms with van der Waals surface area (Å²) in [6.45, 7) is 1.72. The first-order valence-corrected chi connectivity index (χ1v) is 7.50. The maximum Gasteiger partial charge on any atom is 0.280 e. The van der Waals surface area contributed by atoms with Crippen LogP contribution >= 0.6 is 0 Å². The molecule has 2 aromatic rings. The number of benzene rings is 2. The SMILES string of the molecule is COc1ccc([N+](=O)[O-])cc1/C=C1/C(=O)N(c2ccccc2)N=C1C. The smallest absolute Gasteiger partial charge is 0.280 e. The van der Waals surface area contributed by atoms with Gasteiger partial charge in [-0.15, -0.1) is 0 Å². The van der Waals surface area contributed by atoms with Crippen molar-refractivity contribution in [3.63, 3.8) is 0 Å². The van der Waals surface area contributed by atoms with Gasteiger partial charge in [0.15, 0.2) is 0 Å². The van der Waals surface area contributed by atoms with Crippen molar-refractivity contribution in [1.82, 2.24) is 0 Å². The van der Waals surface area contributed by atoms with Crippen molar-refractivity contribution in [3.05, 3.63) is 69.8 Å². The maximum atomic E-state index is 12.7. The topological polar surface area (TPSA) is 85.0 Å². The Kier molecular flexibility index (Phi) is 4.30. The summed E-state index contributed by atoms with van der Waals surface area (Å²) in [7, 11) is 1.47. The van der Waals surface area contributed by atoms with Gasteiger partial charge in [0.1, 0.15) is 5.75 Å². The van der Waals surface area contributed by atoms with E-state index in [1.807, 2.05) is 18.2 Å². The highest BCUT2D eigenvalue weighted by Crippen LogP contribution is 2.29. The second-order valence-corrected chi connectivity index (χ2v) is 5.38. The summed E-state index contributed by atoms with van der Waals surface area (Å²) in [4.78, 5) is 23.2. The molecular formula is C18H15N3O4. The van der Waals surface area contributed by atoms with E-state index in [0.717, 1.165) is 0 Å². The number of nitrogens with zero attached hydrogens (tertiary/aromatic N) is 3. The van der Waals surface area contributed by atoms with Gasteiger partial charge in [0.25, 0.3) is 11.6 Å². The van der Waals surface area contributed by atoms with Crippen molar-refractivity contribution in [2.45, 2.75) is 6.92 Å². The largest absolute Gasteiger partial charge is 0.496 e. The van der Waals surface area contributed by atoms with Crippen LogP contribution in [0.4, 0.5) is 11.4 Å². The molecule has 1 aliphatic rings. The third kappa shape index (κ3) is 3.12. The number of hydrazone groups is 1. The molecule has 0 saturated carbocycles.